The maximum atomic E-state index is 10.9. The van der Waals surface area contributed by atoms with Crippen molar-refractivity contribution < 1.29 is 14.3 Å². The Balaban J connectivity index is 3.40. The monoisotopic (exact) mass is 172 g/mol. The lowest BCUT2D eigenvalue weighted by Crippen LogP contribution is -2.07. The van der Waals surface area contributed by atoms with Gasteiger partial charge in [0.15, 0.2) is 0 Å². The molecule has 3 nitrogen and oxygen atoms in total. The van der Waals surface area contributed by atoms with Crippen molar-refractivity contribution in [3.63, 3.8) is 0 Å². The predicted octanol–water partition coefficient (Wildman–Crippen LogP) is 1.70. The summed E-state index contributed by atoms with van der Waals surface area (Å²) < 4.78 is 4.68. The van der Waals surface area contributed by atoms with E-state index in [9.17, 15) is 9.59 Å². The molecule has 0 heterocycles. The van der Waals surface area contributed by atoms with Crippen molar-refractivity contribution in [2.24, 2.45) is 0 Å². The van der Waals surface area contributed by atoms with E-state index in [-0.39, 0.29) is 18.2 Å². The Morgan fingerprint density at radius 3 is 2.25 bits per heavy atom. The summed E-state index contributed by atoms with van der Waals surface area (Å²) in [6, 6.07) is 0. The zero-order valence-corrected chi connectivity index (χ0v) is 7.76. The molecule has 0 aliphatic rings. The second kappa shape index (κ2) is 6.83. The zero-order chi connectivity index (χ0) is 9.40. The van der Waals surface area contributed by atoms with Crippen LogP contribution in [0.3, 0.4) is 0 Å². The molecule has 0 fully saturated rings. The second-order valence-electron chi connectivity index (χ2n) is 2.59. The highest BCUT2D eigenvalue weighted by atomic mass is 16.5. The van der Waals surface area contributed by atoms with Gasteiger partial charge in [-0.1, -0.05) is 6.92 Å². The largest absolute Gasteiger partial charge is 0.466 e. The number of carbonyl (C=O) groups excluding carboxylic acids is 2. The Bertz CT molecular complexity index is 134. The van der Waals surface area contributed by atoms with Crippen molar-refractivity contribution >= 4 is 11.8 Å². The highest BCUT2D eigenvalue weighted by Crippen LogP contribution is 1.99. The number of ketones is 1. The van der Waals surface area contributed by atoms with Gasteiger partial charge in [0.1, 0.15) is 5.78 Å². The number of rotatable bonds is 6. The molecule has 0 radical (unpaired) electrons. The van der Waals surface area contributed by atoms with E-state index in [4.69, 9.17) is 0 Å². The molecule has 0 aliphatic carbocycles. The molecule has 0 atom stereocenters. The molecule has 0 N–H and O–H groups in total. The summed E-state index contributed by atoms with van der Waals surface area (Å²) in [4.78, 5) is 21.7. The molecule has 0 aromatic carbocycles. The molecule has 0 aromatic heterocycles. The van der Waals surface area contributed by atoms with Crippen LogP contribution in [0.25, 0.3) is 0 Å². The SMILES string of the molecule is CCCC(=O)CCC(=O)OCC. The van der Waals surface area contributed by atoms with Crippen LogP contribution in [0.5, 0.6) is 0 Å². The first-order valence-electron chi connectivity index (χ1n) is 4.38. The molecule has 0 unspecified atom stereocenters. The number of esters is 1. The second-order valence-corrected chi connectivity index (χ2v) is 2.59. The topological polar surface area (TPSA) is 43.4 Å². The molecule has 3 heteroatoms. The lowest BCUT2D eigenvalue weighted by atomic mass is 10.1. The minimum atomic E-state index is -0.276. The van der Waals surface area contributed by atoms with Crippen LogP contribution in [0.15, 0.2) is 0 Å². The van der Waals surface area contributed by atoms with Crippen LogP contribution in [0.2, 0.25) is 0 Å². The van der Waals surface area contributed by atoms with Gasteiger partial charge in [-0.15, -0.1) is 0 Å². The molecule has 70 valence electrons. The van der Waals surface area contributed by atoms with Crippen molar-refractivity contribution in [1.82, 2.24) is 0 Å². The molecule has 12 heavy (non-hydrogen) atoms. The van der Waals surface area contributed by atoms with Crippen molar-refractivity contribution in [2.45, 2.75) is 39.5 Å². The first-order valence-corrected chi connectivity index (χ1v) is 4.38. The average molecular weight is 172 g/mol. The zero-order valence-electron chi connectivity index (χ0n) is 7.76. The van der Waals surface area contributed by atoms with Crippen molar-refractivity contribution in [3.05, 3.63) is 0 Å². The number of hydrogen-bond donors (Lipinski definition) is 0. The van der Waals surface area contributed by atoms with Gasteiger partial charge in [0.05, 0.1) is 13.0 Å². The van der Waals surface area contributed by atoms with E-state index in [0.717, 1.165) is 6.42 Å². The number of Topliss-reactive ketones (excluding diaryl/α,β-unsaturated/α-hetero) is 1. The maximum Gasteiger partial charge on any atom is 0.306 e. The summed E-state index contributed by atoms with van der Waals surface area (Å²) in [7, 11) is 0. The van der Waals surface area contributed by atoms with Gasteiger partial charge >= 0.3 is 5.97 Å². The fraction of sp³-hybridized carbons (Fsp3) is 0.778. The summed E-state index contributed by atoms with van der Waals surface area (Å²) in [6.45, 7) is 4.09. The predicted molar refractivity (Wildman–Crippen MR) is 45.8 cm³/mol. The van der Waals surface area contributed by atoms with Gasteiger partial charge in [-0.2, -0.15) is 0 Å². The normalized spacial score (nSPS) is 9.50. The molecular weight excluding hydrogens is 156 g/mol. The van der Waals surface area contributed by atoms with Gasteiger partial charge < -0.3 is 4.74 Å². The van der Waals surface area contributed by atoms with Crippen molar-refractivity contribution in [2.75, 3.05) is 6.61 Å². The lowest BCUT2D eigenvalue weighted by Gasteiger charge is -1.99. The van der Waals surface area contributed by atoms with E-state index in [1.165, 1.54) is 0 Å². The van der Waals surface area contributed by atoms with E-state index in [0.29, 0.717) is 19.4 Å². The molecule has 0 spiro atoms. The molecule has 0 bridgehead atoms. The molecule has 0 aromatic rings. The first kappa shape index (κ1) is 11.1. The quantitative estimate of drug-likeness (QED) is 0.573. The number of carbonyl (C=O) groups is 2. The van der Waals surface area contributed by atoms with Gasteiger partial charge in [-0.05, 0) is 13.3 Å². The van der Waals surface area contributed by atoms with Crippen LogP contribution in [0.1, 0.15) is 39.5 Å². The molecule has 0 rings (SSSR count). The van der Waals surface area contributed by atoms with E-state index in [1.54, 1.807) is 6.92 Å². The Morgan fingerprint density at radius 2 is 1.75 bits per heavy atom. The molecule has 0 saturated carbocycles. The fourth-order valence-electron chi connectivity index (χ4n) is 0.878. The number of ether oxygens (including phenoxy) is 1. The van der Waals surface area contributed by atoms with E-state index in [2.05, 4.69) is 4.74 Å². The van der Waals surface area contributed by atoms with E-state index in [1.807, 2.05) is 6.92 Å². The van der Waals surface area contributed by atoms with Crippen molar-refractivity contribution in [3.8, 4) is 0 Å². The van der Waals surface area contributed by atoms with Crippen LogP contribution < -0.4 is 0 Å². The lowest BCUT2D eigenvalue weighted by molar-refractivity contribution is -0.144. The van der Waals surface area contributed by atoms with Crippen LogP contribution in [0, 0.1) is 0 Å². The van der Waals surface area contributed by atoms with Gasteiger partial charge in [-0.25, -0.2) is 0 Å². The fourth-order valence-corrected chi connectivity index (χ4v) is 0.878. The van der Waals surface area contributed by atoms with Crippen molar-refractivity contribution in [1.29, 1.82) is 0 Å². The third kappa shape index (κ3) is 5.89. The van der Waals surface area contributed by atoms with E-state index < -0.39 is 0 Å². The summed E-state index contributed by atoms with van der Waals surface area (Å²) >= 11 is 0. The minimum absolute atomic E-state index is 0.144. The number of hydrogen-bond acceptors (Lipinski definition) is 3. The van der Waals surface area contributed by atoms with Gasteiger partial charge in [0, 0.05) is 12.8 Å². The highest BCUT2D eigenvalue weighted by Gasteiger charge is 2.05. The van der Waals surface area contributed by atoms with Gasteiger partial charge in [0.2, 0.25) is 0 Å². The average Bonchev–Trinajstić information content (AvgIpc) is 2.02. The molecule has 0 amide bonds. The standard InChI is InChI=1S/C9H16O3/c1-3-5-8(10)6-7-9(11)12-4-2/h3-7H2,1-2H3. The van der Waals surface area contributed by atoms with E-state index >= 15 is 0 Å². The van der Waals surface area contributed by atoms with Crippen LogP contribution in [-0.2, 0) is 14.3 Å². The van der Waals surface area contributed by atoms with Gasteiger partial charge in [-0.3, -0.25) is 9.59 Å². The van der Waals surface area contributed by atoms with Gasteiger partial charge in [0.25, 0.3) is 0 Å². The Morgan fingerprint density at radius 1 is 1.08 bits per heavy atom. The smallest absolute Gasteiger partial charge is 0.306 e. The minimum Gasteiger partial charge on any atom is -0.466 e. The third-order valence-corrected chi connectivity index (χ3v) is 1.44. The summed E-state index contributed by atoms with van der Waals surface area (Å²) in [5, 5.41) is 0. The first-order chi connectivity index (χ1) is 5.70. The van der Waals surface area contributed by atoms with Crippen LogP contribution >= 0.6 is 0 Å². The molecule has 0 aliphatic heterocycles. The summed E-state index contributed by atoms with van der Waals surface area (Å²) in [6.07, 6.45) is 1.97. The Kier molecular flexibility index (Phi) is 6.34. The molecule has 0 saturated heterocycles. The highest BCUT2D eigenvalue weighted by molar-refractivity contribution is 5.82. The summed E-state index contributed by atoms with van der Waals surface area (Å²) in [5.74, 6) is -0.132. The maximum absolute atomic E-state index is 10.9. The Labute approximate surface area is 73.1 Å². The van der Waals surface area contributed by atoms with Crippen LogP contribution in [0.4, 0.5) is 0 Å². The Hall–Kier alpha value is -0.860. The molecular formula is C9H16O3. The third-order valence-electron chi connectivity index (χ3n) is 1.44. The van der Waals surface area contributed by atoms with Crippen LogP contribution in [-0.4, -0.2) is 18.4 Å². The summed E-state index contributed by atoms with van der Waals surface area (Å²) in [5.41, 5.74) is 0.